The Labute approximate surface area is 139 Å². The molecular weight excluding hydrogens is 292 g/mol. The zero-order chi connectivity index (χ0) is 16.9. The fourth-order valence-electron chi connectivity index (χ4n) is 4.95. The summed E-state index contributed by atoms with van der Waals surface area (Å²) in [4.78, 5) is 24.2. The van der Waals surface area contributed by atoms with Gasteiger partial charge in [-0.3, -0.25) is 4.79 Å². The van der Waals surface area contributed by atoms with E-state index >= 15 is 0 Å². The molecule has 0 radical (unpaired) electrons. The number of hydrogen-bond donors (Lipinski definition) is 2. The second-order valence-electron chi connectivity index (χ2n) is 7.33. The third-order valence-corrected chi connectivity index (χ3v) is 6.11. The van der Waals surface area contributed by atoms with Crippen LogP contribution in [-0.2, 0) is 9.59 Å². The van der Waals surface area contributed by atoms with E-state index in [0.717, 1.165) is 77.0 Å². The molecule has 0 saturated heterocycles. The predicted octanol–water partition coefficient (Wildman–Crippen LogP) is 4.64. The van der Waals surface area contributed by atoms with Gasteiger partial charge in [-0.25, -0.2) is 4.79 Å². The normalized spacial score (nSPS) is 22.1. The first-order valence-corrected chi connectivity index (χ1v) is 9.17. The summed E-state index contributed by atoms with van der Waals surface area (Å²) in [5.41, 5.74) is -1.36. The van der Waals surface area contributed by atoms with Crippen molar-refractivity contribution in [1.29, 1.82) is 0 Å². The maximum Gasteiger partial charge on any atom is 0.332 e. The molecule has 4 nitrogen and oxygen atoms in total. The summed E-state index contributed by atoms with van der Waals surface area (Å²) in [5.74, 6) is -2.27. The molecule has 0 aliphatic heterocycles. The van der Waals surface area contributed by atoms with Crippen molar-refractivity contribution < 1.29 is 19.8 Å². The van der Waals surface area contributed by atoms with Crippen molar-refractivity contribution in [2.24, 2.45) is 17.3 Å². The molecule has 2 N–H and O–H groups in total. The number of rotatable bonds is 5. The minimum absolute atomic E-state index is 0.0798. The third-order valence-electron chi connectivity index (χ3n) is 6.11. The lowest BCUT2D eigenvalue weighted by Gasteiger charge is -2.43. The number of carboxylic acids is 2. The lowest BCUT2D eigenvalue weighted by molar-refractivity contribution is -0.158. The van der Waals surface area contributed by atoms with Gasteiger partial charge in [-0.2, -0.15) is 0 Å². The van der Waals surface area contributed by atoms with E-state index in [1.807, 2.05) is 0 Å². The maximum atomic E-state index is 12.5. The molecule has 23 heavy (non-hydrogen) atoms. The summed E-state index contributed by atoms with van der Waals surface area (Å²) in [5, 5.41) is 19.8. The smallest absolute Gasteiger partial charge is 0.332 e. The first-order valence-electron chi connectivity index (χ1n) is 9.17. The number of carbonyl (C=O) groups is 2. The van der Waals surface area contributed by atoms with Crippen LogP contribution in [0.2, 0.25) is 0 Å². The minimum Gasteiger partial charge on any atom is -0.481 e. The predicted molar refractivity (Wildman–Crippen MR) is 89.2 cm³/mol. The molecule has 130 valence electrons. The Morgan fingerprint density at radius 2 is 1.09 bits per heavy atom. The monoisotopic (exact) mass is 322 g/mol. The summed E-state index contributed by atoms with van der Waals surface area (Å²) in [6.45, 7) is 3.78. The van der Waals surface area contributed by atoms with E-state index in [1.165, 1.54) is 0 Å². The second kappa shape index (κ2) is 7.98. The van der Waals surface area contributed by atoms with Gasteiger partial charge in [-0.05, 0) is 37.5 Å². The summed E-state index contributed by atoms with van der Waals surface area (Å²) in [7, 11) is 0. The molecule has 0 unspecified atom stereocenters. The van der Waals surface area contributed by atoms with Crippen LogP contribution in [0.3, 0.4) is 0 Å². The van der Waals surface area contributed by atoms with Gasteiger partial charge in [0.15, 0.2) is 0 Å². The van der Waals surface area contributed by atoms with E-state index < -0.39 is 17.4 Å². The van der Waals surface area contributed by atoms with Crippen LogP contribution in [0.1, 0.15) is 77.0 Å². The van der Waals surface area contributed by atoms with Crippen LogP contribution in [0.4, 0.5) is 0 Å². The SMILES string of the molecule is C=C(C(=O)O)C(C(=O)O)(C1CCCCCC1)C1CCCCCC1. The van der Waals surface area contributed by atoms with Crippen molar-refractivity contribution >= 4 is 11.9 Å². The van der Waals surface area contributed by atoms with Crippen LogP contribution in [0, 0.1) is 17.3 Å². The van der Waals surface area contributed by atoms with Gasteiger partial charge in [0.1, 0.15) is 5.41 Å². The highest BCUT2D eigenvalue weighted by atomic mass is 16.4. The number of carboxylic acid groups (broad SMARTS) is 2. The van der Waals surface area contributed by atoms with Gasteiger partial charge in [0, 0.05) is 5.57 Å². The average molecular weight is 322 g/mol. The topological polar surface area (TPSA) is 74.6 Å². The van der Waals surface area contributed by atoms with Gasteiger partial charge in [-0.15, -0.1) is 0 Å². The molecule has 0 bridgehead atoms. The lowest BCUT2D eigenvalue weighted by atomic mass is 9.58. The summed E-state index contributed by atoms with van der Waals surface area (Å²) in [6.07, 6.45) is 11.7. The van der Waals surface area contributed by atoms with Crippen molar-refractivity contribution in [3.8, 4) is 0 Å². The van der Waals surface area contributed by atoms with Crippen LogP contribution in [0.5, 0.6) is 0 Å². The Hall–Kier alpha value is -1.32. The van der Waals surface area contributed by atoms with Gasteiger partial charge < -0.3 is 10.2 Å². The molecule has 2 aliphatic carbocycles. The van der Waals surface area contributed by atoms with Crippen molar-refractivity contribution in [3.05, 3.63) is 12.2 Å². The Kier molecular flexibility index (Phi) is 6.25. The first kappa shape index (κ1) is 18.0. The summed E-state index contributed by atoms with van der Waals surface area (Å²) in [6, 6.07) is 0. The maximum absolute atomic E-state index is 12.5. The van der Waals surface area contributed by atoms with Gasteiger partial charge in [0.2, 0.25) is 0 Å². The zero-order valence-electron chi connectivity index (χ0n) is 14.1. The second-order valence-corrected chi connectivity index (χ2v) is 7.33. The average Bonchev–Trinajstić information content (AvgIpc) is 2.93. The molecule has 2 rings (SSSR count). The highest BCUT2D eigenvalue weighted by Crippen LogP contribution is 2.52. The Bertz CT molecular complexity index is 418. The molecule has 0 atom stereocenters. The Morgan fingerprint density at radius 3 is 1.35 bits per heavy atom. The first-order chi connectivity index (χ1) is 11.0. The fraction of sp³-hybridized carbons (Fsp3) is 0.789. The molecular formula is C19H30O4. The quantitative estimate of drug-likeness (QED) is 0.571. The van der Waals surface area contributed by atoms with Gasteiger partial charge in [0.25, 0.3) is 0 Å². The standard InChI is InChI=1S/C19H30O4/c1-14(17(20)21)19(18(22)23,15-10-6-2-3-7-11-15)16-12-8-4-5-9-13-16/h15-16H,1-13H2,(H,20,21)(H,22,23). The van der Waals surface area contributed by atoms with E-state index in [-0.39, 0.29) is 17.4 Å². The van der Waals surface area contributed by atoms with Crippen LogP contribution in [0.15, 0.2) is 12.2 Å². The Morgan fingerprint density at radius 1 is 0.739 bits per heavy atom. The molecule has 0 aromatic carbocycles. The van der Waals surface area contributed by atoms with Crippen LogP contribution in [-0.4, -0.2) is 22.2 Å². The van der Waals surface area contributed by atoms with Gasteiger partial charge in [-0.1, -0.05) is 57.9 Å². The minimum atomic E-state index is -1.28. The fourth-order valence-corrected chi connectivity index (χ4v) is 4.95. The molecule has 4 heteroatoms. The number of hydrogen-bond acceptors (Lipinski definition) is 2. The van der Waals surface area contributed by atoms with E-state index in [4.69, 9.17) is 0 Å². The molecule has 2 saturated carbocycles. The van der Waals surface area contributed by atoms with Gasteiger partial charge in [0.05, 0.1) is 0 Å². The van der Waals surface area contributed by atoms with Crippen LogP contribution < -0.4 is 0 Å². The van der Waals surface area contributed by atoms with Crippen molar-refractivity contribution in [1.82, 2.24) is 0 Å². The van der Waals surface area contributed by atoms with Crippen LogP contribution >= 0.6 is 0 Å². The number of aliphatic carboxylic acids is 2. The zero-order valence-corrected chi connectivity index (χ0v) is 14.1. The molecule has 2 aliphatic rings. The van der Waals surface area contributed by atoms with E-state index in [2.05, 4.69) is 6.58 Å². The van der Waals surface area contributed by atoms with Crippen molar-refractivity contribution in [2.45, 2.75) is 77.0 Å². The van der Waals surface area contributed by atoms with E-state index in [9.17, 15) is 19.8 Å². The van der Waals surface area contributed by atoms with E-state index in [0.29, 0.717) is 0 Å². The van der Waals surface area contributed by atoms with E-state index in [1.54, 1.807) is 0 Å². The van der Waals surface area contributed by atoms with Gasteiger partial charge >= 0.3 is 11.9 Å². The molecule has 0 heterocycles. The lowest BCUT2D eigenvalue weighted by Crippen LogP contribution is -2.48. The van der Waals surface area contributed by atoms with Crippen LogP contribution in [0.25, 0.3) is 0 Å². The largest absolute Gasteiger partial charge is 0.481 e. The Balaban J connectivity index is 2.46. The van der Waals surface area contributed by atoms with Crippen molar-refractivity contribution in [3.63, 3.8) is 0 Å². The highest BCUT2D eigenvalue weighted by Gasteiger charge is 2.55. The molecule has 0 amide bonds. The summed E-state index contributed by atoms with van der Waals surface area (Å²) >= 11 is 0. The summed E-state index contributed by atoms with van der Waals surface area (Å²) < 4.78 is 0. The highest BCUT2D eigenvalue weighted by molar-refractivity contribution is 5.96. The third kappa shape index (κ3) is 3.61. The van der Waals surface area contributed by atoms with Crippen molar-refractivity contribution in [2.75, 3.05) is 0 Å². The molecule has 0 aromatic rings. The molecule has 2 fully saturated rings. The molecule has 0 aromatic heterocycles. The molecule has 0 spiro atoms.